The van der Waals surface area contributed by atoms with Gasteiger partial charge in [0.2, 0.25) is 11.0 Å². The van der Waals surface area contributed by atoms with Gasteiger partial charge in [0.25, 0.3) is 0 Å². The number of anilines is 1. The summed E-state index contributed by atoms with van der Waals surface area (Å²) in [5.41, 5.74) is 1.13. The summed E-state index contributed by atoms with van der Waals surface area (Å²) in [6, 6.07) is 7.77. The number of hydrogen-bond acceptors (Lipinski definition) is 5. The highest BCUT2D eigenvalue weighted by atomic mass is 35.5. The summed E-state index contributed by atoms with van der Waals surface area (Å²) in [5.74, 6) is 0.906. The van der Waals surface area contributed by atoms with E-state index in [9.17, 15) is 4.79 Å². The van der Waals surface area contributed by atoms with E-state index in [-0.39, 0.29) is 18.2 Å². The maximum absolute atomic E-state index is 11.4. The van der Waals surface area contributed by atoms with Gasteiger partial charge < -0.3 is 10.1 Å². The summed E-state index contributed by atoms with van der Waals surface area (Å²) >= 11 is 6.77. The lowest BCUT2D eigenvalue weighted by atomic mass is 10.2. The Morgan fingerprint density at radius 1 is 1.45 bits per heavy atom. The second-order valence-electron chi connectivity index (χ2n) is 4.09. The molecule has 0 spiro atoms. The number of hydrogen-bond donors (Lipinski definition) is 1. The van der Waals surface area contributed by atoms with Crippen LogP contribution in [0.25, 0.3) is 0 Å². The maximum atomic E-state index is 11.4. The Labute approximate surface area is 125 Å². The van der Waals surface area contributed by atoms with Crippen molar-refractivity contribution in [2.75, 3.05) is 11.2 Å². The average Bonchev–Trinajstić information content (AvgIpc) is 2.84. The van der Waals surface area contributed by atoms with Crippen LogP contribution in [0.15, 0.2) is 24.3 Å². The monoisotopic (exact) mass is 311 g/mol. The van der Waals surface area contributed by atoms with Crippen LogP contribution in [-0.2, 0) is 11.4 Å². The minimum Gasteiger partial charge on any atom is -0.486 e. The predicted molar refractivity (Wildman–Crippen MR) is 79.4 cm³/mol. The van der Waals surface area contributed by atoms with Crippen LogP contribution >= 0.6 is 22.9 Å². The second-order valence-corrected chi connectivity index (χ2v) is 5.53. The smallest absolute Gasteiger partial charge is 0.227 e. The van der Waals surface area contributed by atoms with E-state index in [1.54, 1.807) is 0 Å². The molecule has 1 N–H and O–H groups in total. The van der Waals surface area contributed by atoms with Crippen molar-refractivity contribution < 1.29 is 9.53 Å². The van der Waals surface area contributed by atoms with Crippen LogP contribution in [0.3, 0.4) is 0 Å². The van der Waals surface area contributed by atoms with Gasteiger partial charge in [-0.3, -0.25) is 4.79 Å². The SMILES string of the molecule is Cc1cccc(OCc2nnc(NC(=O)CCCl)s2)c1. The zero-order valence-electron chi connectivity index (χ0n) is 10.9. The number of carbonyl (C=O) groups excluding carboxylic acids is 1. The Morgan fingerprint density at radius 3 is 3.05 bits per heavy atom. The van der Waals surface area contributed by atoms with Crippen molar-refractivity contribution in [3.63, 3.8) is 0 Å². The standard InChI is InChI=1S/C13H14ClN3O2S/c1-9-3-2-4-10(7-9)19-8-12-16-17-13(20-12)15-11(18)5-6-14/h2-4,7H,5-6,8H2,1H3,(H,15,17,18). The van der Waals surface area contributed by atoms with Crippen molar-refractivity contribution in [2.24, 2.45) is 0 Å². The molecular formula is C13H14ClN3O2S. The molecule has 0 aliphatic carbocycles. The number of aromatic nitrogens is 2. The molecule has 1 amide bonds. The van der Waals surface area contributed by atoms with Crippen molar-refractivity contribution in [3.8, 4) is 5.75 Å². The molecule has 106 valence electrons. The van der Waals surface area contributed by atoms with Crippen LogP contribution in [0.5, 0.6) is 5.75 Å². The van der Waals surface area contributed by atoms with Crippen LogP contribution in [0.2, 0.25) is 0 Å². The first-order chi connectivity index (χ1) is 9.67. The van der Waals surface area contributed by atoms with Gasteiger partial charge in [0.15, 0.2) is 5.01 Å². The fourth-order valence-corrected chi connectivity index (χ4v) is 2.32. The highest BCUT2D eigenvalue weighted by Gasteiger charge is 2.08. The van der Waals surface area contributed by atoms with Gasteiger partial charge in [-0.15, -0.1) is 21.8 Å². The number of amides is 1. The number of nitrogens with zero attached hydrogens (tertiary/aromatic N) is 2. The Morgan fingerprint density at radius 2 is 2.30 bits per heavy atom. The van der Waals surface area contributed by atoms with E-state index in [1.165, 1.54) is 11.3 Å². The van der Waals surface area contributed by atoms with E-state index in [4.69, 9.17) is 16.3 Å². The van der Waals surface area contributed by atoms with Gasteiger partial charge >= 0.3 is 0 Å². The van der Waals surface area contributed by atoms with Gasteiger partial charge in [-0.25, -0.2) is 0 Å². The average molecular weight is 312 g/mol. The molecule has 0 saturated carbocycles. The molecule has 20 heavy (non-hydrogen) atoms. The lowest BCUT2D eigenvalue weighted by Gasteiger charge is -2.03. The molecule has 1 aromatic carbocycles. The van der Waals surface area contributed by atoms with Gasteiger partial charge in [-0.05, 0) is 24.6 Å². The van der Waals surface area contributed by atoms with Gasteiger partial charge in [0.05, 0.1) is 0 Å². The minimum atomic E-state index is -0.165. The first-order valence-corrected chi connectivity index (χ1v) is 7.40. The molecule has 1 aromatic heterocycles. The zero-order valence-corrected chi connectivity index (χ0v) is 12.5. The lowest BCUT2D eigenvalue weighted by Crippen LogP contribution is -2.11. The summed E-state index contributed by atoms with van der Waals surface area (Å²) < 4.78 is 5.61. The Hall–Kier alpha value is -1.66. The van der Waals surface area contributed by atoms with Gasteiger partial charge in [0.1, 0.15) is 12.4 Å². The van der Waals surface area contributed by atoms with Crippen molar-refractivity contribution in [1.29, 1.82) is 0 Å². The summed E-state index contributed by atoms with van der Waals surface area (Å²) in [6.07, 6.45) is 0.260. The number of rotatable bonds is 6. The number of alkyl halides is 1. The molecule has 2 rings (SSSR count). The third-order valence-electron chi connectivity index (χ3n) is 2.39. The van der Waals surface area contributed by atoms with Crippen molar-refractivity contribution in [2.45, 2.75) is 20.0 Å². The predicted octanol–water partition coefficient (Wildman–Crippen LogP) is 2.99. The Bertz CT molecular complexity index is 589. The molecular weight excluding hydrogens is 298 g/mol. The molecule has 2 aromatic rings. The van der Waals surface area contributed by atoms with Gasteiger partial charge in [0, 0.05) is 12.3 Å². The summed E-state index contributed by atoms with van der Waals surface area (Å²) in [6.45, 7) is 2.33. The summed E-state index contributed by atoms with van der Waals surface area (Å²) in [4.78, 5) is 11.4. The van der Waals surface area contributed by atoms with Crippen LogP contribution in [0.1, 0.15) is 17.0 Å². The number of carbonyl (C=O) groups is 1. The topological polar surface area (TPSA) is 64.1 Å². The van der Waals surface area contributed by atoms with Crippen LogP contribution < -0.4 is 10.1 Å². The molecule has 0 atom stereocenters. The lowest BCUT2D eigenvalue weighted by molar-refractivity contribution is -0.115. The third kappa shape index (κ3) is 4.47. The van der Waals surface area contributed by atoms with Crippen LogP contribution in [0, 0.1) is 6.92 Å². The second kappa shape index (κ2) is 7.21. The fourth-order valence-electron chi connectivity index (χ4n) is 1.48. The number of ether oxygens (including phenoxy) is 1. The van der Waals surface area contributed by atoms with E-state index in [0.29, 0.717) is 16.7 Å². The van der Waals surface area contributed by atoms with E-state index >= 15 is 0 Å². The molecule has 0 unspecified atom stereocenters. The molecule has 7 heteroatoms. The van der Waals surface area contributed by atoms with E-state index < -0.39 is 0 Å². The Balaban J connectivity index is 1.88. The molecule has 0 bridgehead atoms. The normalized spacial score (nSPS) is 10.3. The largest absolute Gasteiger partial charge is 0.486 e. The van der Waals surface area contributed by atoms with Crippen molar-refractivity contribution in [3.05, 3.63) is 34.8 Å². The Kier molecular flexibility index (Phi) is 5.31. The van der Waals surface area contributed by atoms with Crippen molar-refractivity contribution >= 4 is 34.0 Å². The number of aryl methyl sites for hydroxylation is 1. The number of halogens is 1. The molecule has 0 radical (unpaired) electrons. The quantitative estimate of drug-likeness (QED) is 0.833. The highest BCUT2D eigenvalue weighted by Crippen LogP contribution is 2.19. The molecule has 1 heterocycles. The van der Waals surface area contributed by atoms with E-state index in [1.807, 2.05) is 31.2 Å². The summed E-state index contributed by atoms with van der Waals surface area (Å²) in [7, 11) is 0. The molecule has 0 aliphatic rings. The van der Waals surface area contributed by atoms with E-state index in [2.05, 4.69) is 15.5 Å². The molecule has 0 saturated heterocycles. The van der Waals surface area contributed by atoms with Gasteiger partial charge in [-0.1, -0.05) is 23.5 Å². The highest BCUT2D eigenvalue weighted by molar-refractivity contribution is 7.15. The first kappa shape index (κ1) is 14.7. The number of nitrogens with one attached hydrogen (secondary N) is 1. The van der Waals surface area contributed by atoms with Crippen molar-refractivity contribution in [1.82, 2.24) is 10.2 Å². The third-order valence-corrected chi connectivity index (χ3v) is 3.39. The zero-order chi connectivity index (χ0) is 14.4. The minimum absolute atomic E-state index is 0.165. The fraction of sp³-hybridized carbons (Fsp3) is 0.308. The van der Waals surface area contributed by atoms with Crippen LogP contribution in [0.4, 0.5) is 5.13 Å². The van der Waals surface area contributed by atoms with E-state index in [0.717, 1.165) is 11.3 Å². The molecule has 0 aliphatic heterocycles. The first-order valence-electron chi connectivity index (χ1n) is 6.05. The molecule has 0 fully saturated rings. The maximum Gasteiger partial charge on any atom is 0.227 e. The van der Waals surface area contributed by atoms with Gasteiger partial charge in [-0.2, -0.15) is 0 Å². The van der Waals surface area contributed by atoms with Crippen LogP contribution in [-0.4, -0.2) is 22.0 Å². The number of benzene rings is 1. The molecule has 5 nitrogen and oxygen atoms in total. The summed E-state index contributed by atoms with van der Waals surface area (Å²) in [5, 5.41) is 11.6.